The summed E-state index contributed by atoms with van der Waals surface area (Å²) >= 11 is 0. The number of hydrogen-bond acceptors (Lipinski definition) is 5. The minimum atomic E-state index is 0.0414. The van der Waals surface area contributed by atoms with Gasteiger partial charge in [0.15, 0.2) is 0 Å². The summed E-state index contributed by atoms with van der Waals surface area (Å²) in [6, 6.07) is 4.45. The Labute approximate surface area is 163 Å². The van der Waals surface area contributed by atoms with Gasteiger partial charge in [-0.3, -0.25) is 9.69 Å². The van der Waals surface area contributed by atoms with Crippen LogP contribution in [0, 0.1) is 5.41 Å². The molecule has 2 saturated heterocycles. The normalized spacial score (nSPS) is 22.7. The summed E-state index contributed by atoms with van der Waals surface area (Å²) in [5, 5.41) is 3.01. The van der Waals surface area contributed by atoms with Gasteiger partial charge >= 0.3 is 0 Å². The van der Waals surface area contributed by atoms with Crippen molar-refractivity contribution in [3.63, 3.8) is 0 Å². The number of nitrogens with one attached hydrogen (secondary N) is 1. The summed E-state index contributed by atoms with van der Waals surface area (Å²) in [5.41, 5.74) is 0.986. The second-order valence-corrected chi connectivity index (χ2v) is 9.10. The monoisotopic (exact) mass is 373 g/mol. The smallest absolute Gasteiger partial charge is 0.238 e. The van der Waals surface area contributed by atoms with Crippen molar-refractivity contribution in [1.82, 2.24) is 14.8 Å². The zero-order valence-electron chi connectivity index (χ0n) is 17.4. The summed E-state index contributed by atoms with van der Waals surface area (Å²) in [6.45, 7) is 12.3. The molecule has 1 aromatic heterocycles. The summed E-state index contributed by atoms with van der Waals surface area (Å²) in [4.78, 5) is 24.1. The van der Waals surface area contributed by atoms with Gasteiger partial charge in [-0.25, -0.2) is 4.98 Å². The molecule has 1 unspecified atom stereocenters. The Morgan fingerprint density at radius 1 is 1.15 bits per heavy atom. The Morgan fingerprint density at radius 2 is 1.89 bits per heavy atom. The van der Waals surface area contributed by atoms with Gasteiger partial charge in [-0.1, -0.05) is 20.8 Å². The molecule has 0 aromatic carbocycles. The fourth-order valence-corrected chi connectivity index (χ4v) is 4.18. The first-order valence-electron chi connectivity index (χ1n) is 10.3. The highest BCUT2D eigenvalue weighted by molar-refractivity contribution is 5.92. The molecule has 1 N–H and O–H groups in total. The maximum atomic E-state index is 12.5. The molecule has 2 aliphatic rings. The first kappa shape index (κ1) is 20.1. The maximum absolute atomic E-state index is 12.5. The van der Waals surface area contributed by atoms with Crippen molar-refractivity contribution in [2.75, 3.05) is 56.5 Å². The number of pyridine rings is 1. The van der Waals surface area contributed by atoms with E-state index in [1.165, 1.54) is 19.3 Å². The number of carbonyl (C=O) groups excluding carboxylic acids is 1. The SMILES string of the molecule is CN1CCN(CC(=O)Nc2ccc(N3CCCCC3)nc2)CC1C(C)(C)C. The predicted octanol–water partition coefficient (Wildman–Crippen LogP) is 2.67. The number of likely N-dealkylation sites (N-methyl/N-ethyl adjacent to an activating group) is 1. The largest absolute Gasteiger partial charge is 0.357 e. The average molecular weight is 374 g/mol. The van der Waals surface area contributed by atoms with Gasteiger partial charge in [-0.05, 0) is 43.9 Å². The van der Waals surface area contributed by atoms with E-state index in [9.17, 15) is 4.79 Å². The molecule has 1 amide bonds. The standard InChI is InChI=1S/C21H35N5O/c1-21(2,3)18-15-25(13-12-24(18)4)16-20(27)23-17-8-9-19(22-14-17)26-10-6-5-7-11-26/h8-9,14,18H,5-7,10-13,15-16H2,1-4H3,(H,23,27). The van der Waals surface area contributed by atoms with E-state index in [1.54, 1.807) is 6.20 Å². The summed E-state index contributed by atoms with van der Waals surface area (Å²) in [7, 11) is 2.18. The number of amides is 1. The first-order valence-corrected chi connectivity index (χ1v) is 10.3. The molecular formula is C21H35N5O. The topological polar surface area (TPSA) is 51.7 Å². The zero-order valence-corrected chi connectivity index (χ0v) is 17.4. The Balaban J connectivity index is 1.51. The van der Waals surface area contributed by atoms with Crippen LogP contribution in [0.3, 0.4) is 0 Å². The lowest BCUT2D eigenvalue weighted by atomic mass is 9.84. The minimum Gasteiger partial charge on any atom is -0.357 e. The van der Waals surface area contributed by atoms with Crippen molar-refractivity contribution in [3.05, 3.63) is 18.3 Å². The van der Waals surface area contributed by atoms with Gasteiger partial charge in [0.05, 0.1) is 18.4 Å². The molecule has 0 saturated carbocycles. The predicted molar refractivity (Wildman–Crippen MR) is 111 cm³/mol. The Hall–Kier alpha value is -1.66. The minimum absolute atomic E-state index is 0.0414. The number of carbonyl (C=O) groups is 1. The maximum Gasteiger partial charge on any atom is 0.238 e. The number of nitrogens with zero attached hydrogens (tertiary/aromatic N) is 4. The highest BCUT2D eigenvalue weighted by Crippen LogP contribution is 2.26. The quantitative estimate of drug-likeness (QED) is 0.879. The van der Waals surface area contributed by atoms with Crippen LogP contribution < -0.4 is 10.2 Å². The first-order chi connectivity index (χ1) is 12.8. The molecule has 3 rings (SSSR count). The van der Waals surface area contributed by atoms with E-state index in [2.05, 4.69) is 52.8 Å². The van der Waals surface area contributed by atoms with Gasteiger partial charge in [0, 0.05) is 38.8 Å². The Bertz CT molecular complexity index is 618. The van der Waals surface area contributed by atoms with E-state index in [0.29, 0.717) is 12.6 Å². The average Bonchev–Trinajstić information content (AvgIpc) is 2.64. The molecule has 1 aromatic rings. The van der Waals surface area contributed by atoms with Gasteiger partial charge in [-0.2, -0.15) is 0 Å². The van der Waals surface area contributed by atoms with Crippen LogP contribution in [0.15, 0.2) is 18.3 Å². The van der Waals surface area contributed by atoms with Gasteiger partial charge in [0.2, 0.25) is 5.91 Å². The molecule has 1 atom stereocenters. The van der Waals surface area contributed by atoms with E-state index in [-0.39, 0.29) is 11.3 Å². The molecule has 0 aliphatic carbocycles. The van der Waals surface area contributed by atoms with Crippen molar-refractivity contribution in [2.45, 2.75) is 46.1 Å². The highest BCUT2D eigenvalue weighted by Gasteiger charge is 2.33. The summed E-state index contributed by atoms with van der Waals surface area (Å²) in [6.07, 6.45) is 5.57. The molecular weight excluding hydrogens is 338 g/mol. The molecule has 3 heterocycles. The van der Waals surface area contributed by atoms with Crippen LogP contribution in [0.2, 0.25) is 0 Å². The third kappa shape index (κ3) is 5.42. The number of rotatable bonds is 4. The third-order valence-electron chi connectivity index (χ3n) is 5.81. The number of hydrogen-bond donors (Lipinski definition) is 1. The molecule has 27 heavy (non-hydrogen) atoms. The van der Waals surface area contributed by atoms with Crippen molar-refractivity contribution >= 4 is 17.4 Å². The van der Waals surface area contributed by atoms with Crippen molar-refractivity contribution in [2.24, 2.45) is 5.41 Å². The van der Waals surface area contributed by atoms with Gasteiger partial charge in [0.25, 0.3) is 0 Å². The van der Waals surface area contributed by atoms with Crippen LogP contribution in [0.25, 0.3) is 0 Å². The van der Waals surface area contributed by atoms with Crippen LogP contribution in [0.5, 0.6) is 0 Å². The van der Waals surface area contributed by atoms with E-state index < -0.39 is 0 Å². The van der Waals surface area contributed by atoms with E-state index >= 15 is 0 Å². The molecule has 150 valence electrons. The molecule has 0 radical (unpaired) electrons. The number of aromatic nitrogens is 1. The Morgan fingerprint density at radius 3 is 2.52 bits per heavy atom. The van der Waals surface area contributed by atoms with Gasteiger partial charge in [-0.15, -0.1) is 0 Å². The molecule has 6 nitrogen and oxygen atoms in total. The van der Waals surface area contributed by atoms with Crippen LogP contribution in [0.1, 0.15) is 40.0 Å². The molecule has 0 bridgehead atoms. The lowest BCUT2D eigenvalue weighted by Crippen LogP contribution is -2.57. The van der Waals surface area contributed by atoms with E-state index in [1.807, 2.05) is 12.1 Å². The highest BCUT2D eigenvalue weighted by atomic mass is 16.2. The van der Waals surface area contributed by atoms with Crippen molar-refractivity contribution < 1.29 is 4.79 Å². The van der Waals surface area contributed by atoms with Crippen molar-refractivity contribution in [1.29, 1.82) is 0 Å². The third-order valence-corrected chi connectivity index (χ3v) is 5.81. The second kappa shape index (κ2) is 8.57. The molecule has 2 aliphatic heterocycles. The van der Waals surface area contributed by atoms with Crippen LogP contribution in [0.4, 0.5) is 11.5 Å². The number of piperidine rings is 1. The fraction of sp³-hybridized carbons (Fsp3) is 0.714. The van der Waals surface area contributed by atoms with Gasteiger partial charge in [0.1, 0.15) is 5.82 Å². The van der Waals surface area contributed by atoms with E-state index in [4.69, 9.17) is 0 Å². The lowest BCUT2D eigenvalue weighted by molar-refractivity contribution is -0.118. The summed E-state index contributed by atoms with van der Waals surface area (Å²) in [5.74, 6) is 1.06. The molecule has 0 spiro atoms. The Kier molecular flexibility index (Phi) is 6.37. The number of anilines is 2. The fourth-order valence-electron chi connectivity index (χ4n) is 4.18. The molecule has 2 fully saturated rings. The second-order valence-electron chi connectivity index (χ2n) is 9.10. The zero-order chi connectivity index (χ0) is 19.4. The van der Waals surface area contributed by atoms with Crippen LogP contribution in [-0.2, 0) is 4.79 Å². The summed E-state index contributed by atoms with van der Waals surface area (Å²) < 4.78 is 0. The van der Waals surface area contributed by atoms with Crippen molar-refractivity contribution in [3.8, 4) is 0 Å². The van der Waals surface area contributed by atoms with Crippen LogP contribution >= 0.6 is 0 Å². The lowest BCUT2D eigenvalue weighted by Gasteiger charge is -2.45. The molecule has 6 heteroatoms. The van der Waals surface area contributed by atoms with Gasteiger partial charge < -0.3 is 15.1 Å². The van der Waals surface area contributed by atoms with E-state index in [0.717, 1.165) is 44.2 Å². The number of piperazine rings is 1. The van der Waals surface area contributed by atoms with Crippen LogP contribution in [-0.4, -0.2) is 73.0 Å².